The van der Waals surface area contributed by atoms with Crippen LogP contribution in [0.4, 0.5) is 4.39 Å². The molecule has 0 aliphatic carbocycles. The minimum atomic E-state index is -2.45. The first kappa shape index (κ1) is 13.7. The van der Waals surface area contributed by atoms with Crippen LogP contribution in [0, 0.1) is 12.7 Å². The van der Waals surface area contributed by atoms with Crippen molar-refractivity contribution in [1.29, 1.82) is 0 Å². The minimum Gasteiger partial charge on any atom is -0.356 e. The van der Waals surface area contributed by atoms with Gasteiger partial charge in [-0.2, -0.15) is 0 Å². The molecule has 0 spiro atoms. The molecule has 158 valence electrons. The van der Waals surface area contributed by atoms with E-state index in [0.29, 0.717) is 57.0 Å². The Labute approximate surface area is 183 Å². The third-order valence-corrected chi connectivity index (χ3v) is 6.27. The molecule has 30 heavy (non-hydrogen) atoms. The van der Waals surface area contributed by atoms with E-state index in [4.69, 9.17) is 12.7 Å². The van der Waals surface area contributed by atoms with Crippen LogP contribution in [0.3, 0.4) is 0 Å². The first-order chi connectivity index (χ1) is 17.1. The maximum absolute atomic E-state index is 14.0. The van der Waals surface area contributed by atoms with Gasteiger partial charge in [0.05, 0.1) is 9.81 Å². The monoisotopic (exact) mass is 416 g/mol. The quantitative estimate of drug-likeness (QED) is 0.650. The van der Waals surface area contributed by atoms with Gasteiger partial charge < -0.3 is 9.42 Å². The molecular weight excluding hydrogens is 383 g/mol. The summed E-state index contributed by atoms with van der Waals surface area (Å²) in [5.74, 6) is -0.610. The van der Waals surface area contributed by atoms with Gasteiger partial charge >= 0.3 is 0 Å². The molecular formula is C23H27FN4O2. The van der Waals surface area contributed by atoms with Crippen molar-refractivity contribution in [2.45, 2.75) is 57.8 Å². The fraction of sp³-hybridized carbons (Fsp3) is 0.522. The fourth-order valence-corrected chi connectivity index (χ4v) is 4.57. The van der Waals surface area contributed by atoms with Crippen LogP contribution in [0.1, 0.15) is 62.6 Å². The standard InChI is InChI=1S/C23H27FN4O2/c1-15-18(23(29)28-10-3-2-4-21(28)25-15)9-13-27-11-7-16(8-12-27)22-19-6-5-17(24)14-20(19)30-26-22/h5-6,14,16H,2-4,7-13H2,1H3/i1D3,5D,6D,14D. The summed E-state index contributed by atoms with van der Waals surface area (Å²) in [7, 11) is 0. The van der Waals surface area contributed by atoms with E-state index in [9.17, 15) is 9.18 Å². The zero-order valence-corrected chi connectivity index (χ0v) is 16.6. The smallest absolute Gasteiger partial charge is 0.256 e. The number of nitrogens with zero attached hydrogens (tertiary/aromatic N) is 4. The van der Waals surface area contributed by atoms with Crippen LogP contribution in [0.5, 0.6) is 0 Å². The highest BCUT2D eigenvalue weighted by atomic mass is 19.1. The second-order valence-corrected chi connectivity index (χ2v) is 8.10. The first-order valence-electron chi connectivity index (χ1n) is 13.5. The third-order valence-electron chi connectivity index (χ3n) is 6.27. The lowest BCUT2D eigenvalue weighted by molar-refractivity contribution is 0.211. The summed E-state index contributed by atoms with van der Waals surface area (Å²) in [5, 5.41) is 4.26. The molecule has 0 unspecified atom stereocenters. The van der Waals surface area contributed by atoms with Crippen molar-refractivity contribution >= 4 is 11.0 Å². The van der Waals surface area contributed by atoms with Gasteiger partial charge in [0.2, 0.25) is 0 Å². The van der Waals surface area contributed by atoms with Gasteiger partial charge in [-0.1, -0.05) is 5.16 Å². The first-order valence-corrected chi connectivity index (χ1v) is 10.5. The van der Waals surface area contributed by atoms with E-state index < -0.39 is 24.8 Å². The van der Waals surface area contributed by atoms with Gasteiger partial charge in [0, 0.05) is 52.2 Å². The van der Waals surface area contributed by atoms with Gasteiger partial charge in [0.25, 0.3) is 5.56 Å². The normalized spacial score (nSPS) is 21.4. The number of fused-ring (bicyclic) bond motifs is 2. The Morgan fingerprint density at radius 3 is 3.00 bits per heavy atom. The molecule has 2 aliphatic heterocycles. The molecule has 0 saturated carbocycles. The van der Waals surface area contributed by atoms with Crippen LogP contribution >= 0.6 is 0 Å². The van der Waals surface area contributed by atoms with Crippen molar-refractivity contribution in [2.75, 3.05) is 19.6 Å². The van der Waals surface area contributed by atoms with Crippen LogP contribution in [-0.4, -0.2) is 39.2 Å². The lowest BCUT2D eigenvalue weighted by Crippen LogP contribution is -2.37. The minimum absolute atomic E-state index is 0.0789. The van der Waals surface area contributed by atoms with Crippen molar-refractivity contribution in [3.8, 4) is 0 Å². The largest absolute Gasteiger partial charge is 0.356 e. The number of likely N-dealkylation sites (tertiary alicyclic amines) is 1. The highest BCUT2D eigenvalue weighted by molar-refractivity contribution is 5.79. The van der Waals surface area contributed by atoms with E-state index in [2.05, 4.69) is 15.0 Å². The van der Waals surface area contributed by atoms with Gasteiger partial charge in [0.1, 0.15) is 11.6 Å². The zero-order chi connectivity index (χ0) is 25.8. The summed E-state index contributed by atoms with van der Waals surface area (Å²) >= 11 is 0. The third kappa shape index (κ3) is 3.55. The maximum atomic E-state index is 14.0. The molecule has 0 amide bonds. The molecule has 2 aliphatic rings. The molecule has 1 fully saturated rings. The molecule has 1 aromatic carbocycles. The molecule has 1 saturated heterocycles. The summed E-state index contributed by atoms with van der Waals surface area (Å²) in [6.45, 7) is -0.0816. The van der Waals surface area contributed by atoms with Crippen LogP contribution in [-0.2, 0) is 19.4 Å². The number of aryl methyl sites for hydroxylation is 2. The average molecular weight is 417 g/mol. The molecule has 2 aromatic heterocycles. The number of halogens is 1. The molecule has 0 radical (unpaired) electrons. The van der Waals surface area contributed by atoms with Crippen molar-refractivity contribution in [1.82, 2.24) is 19.6 Å². The Bertz CT molecular complexity index is 1380. The zero-order valence-electron chi connectivity index (χ0n) is 22.6. The highest BCUT2D eigenvalue weighted by Gasteiger charge is 2.25. The fourth-order valence-electron chi connectivity index (χ4n) is 4.57. The van der Waals surface area contributed by atoms with Gasteiger partial charge in [-0.25, -0.2) is 9.37 Å². The number of piperidine rings is 1. The van der Waals surface area contributed by atoms with Gasteiger partial charge in [0.15, 0.2) is 5.58 Å². The second-order valence-electron chi connectivity index (χ2n) is 8.10. The van der Waals surface area contributed by atoms with Gasteiger partial charge in [-0.3, -0.25) is 9.36 Å². The molecule has 0 bridgehead atoms. The topological polar surface area (TPSA) is 64.2 Å². The number of rotatable bonds is 4. The Morgan fingerprint density at radius 2 is 2.17 bits per heavy atom. The maximum Gasteiger partial charge on any atom is 0.256 e. The van der Waals surface area contributed by atoms with Crippen LogP contribution in [0.2, 0.25) is 0 Å². The van der Waals surface area contributed by atoms with E-state index in [1.165, 1.54) is 0 Å². The van der Waals surface area contributed by atoms with E-state index in [0.717, 1.165) is 12.8 Å². The van der Waals surface area contributed by atoms with Crippen molar-refractivity contribution < 1.29 is 17.1 Å². The van der Waals surface area contributed by atoms with Crippen LogP contribution in [0.15, 0.2) is 27.4 Å². The SMILES string of the molecule is [2H]c1c(F)c([2H])c2onc(C3CCN(CCc4c(C([2H])([2H])[2H])nc5n(c4=O)CCCC5)CC3)c2c1[2H]. The Morgan fingerprint density at radius 1 is 1.30 bits per heavy atom. The predicted molar refractivity (Wildman–Crippen MR) is 112 cm³/mol. The van der Waals surface area contributed by atoms with Crippen molar-refractivity contribution in [2.24, 2.45) is 0 Å². The van der Waals surface area contributed by atoms with Crippen molar-refractivity contribution in [3.63, 3.8) is 0 Å². The Hall–Kier alpha value is -2.54. The number of aromatic nitrogens is 3. The summed E-state index contributed by atoms with van der Waals surface area (Å²) < 4.78 is 68.4. The molecule has 6 nitrogen and oxygen atoms in total. The molecule has 5 rings (SSSR count). The summed E-state index contributed by atoms with van der Waals surface area (Å²) in [5.41, 5.74) is 0.290. The highest BCUT2D eigenvalue weighted by Crippen LogP contribution is 2.32. The molecule has 0 N–H and O–H groups in total. The van der Waals surface area contributed by atoms with E-state index in [1.54, 1.807) is 4.57 Å². The number of benzene rings is 1. The van der Waals surface area contributed by atoms with Crippen LogP contribution < -0.4 is 5.56 Å². The van der Waals surface area contributed by atoms with Gasteiger partial charge in [-0.05, 0) is 64.1 Å². The molecule has 4 heterocycles. The van der Waals surface area contributed by atoms with E-state index in [-0.39, 0.29) is 46.2 Å². The summed E-state index contributed by atoms with van der Waals surface area (Å²) in [6.07, 6.45) is 3.99. The predicted octanol–water partition coefficient (Wildman–Crippen LogP) is 3.59. The lowest BCUT2D eigenvalue weighted by atomic mass is 9.91. The Kier molecular flexibility index (Phi) is 3.63. The molecule has 0 atom stereocenters. The molecule has 7 heteroatoms. The van der Waals surface area contributed by atoms with Crippen LogP contribution in [0.25, 0.3) is 11.0 Å². The Balaban J connectivity index is 1.32. The van der Waals surface area contributed by atoms with E-state index >= 15 is 0 Å². The average Bonchev–Trinajstić information content (AvgIpc) is 3.31. The second kappa shape index (κ2) is 7.95. The van der Waals surface area contributed by atoms with Crippen molar-refractivity contribution in [3.05, 3.63) is 57.1 Å². The number of hydrogen-bond donors (Lipinski definition) is 0. The van der Waals surface area contributed by atoms with E-state index in [1.807, 2.05) is 0 Å². The van der Waals surface area contributed by atoms with Gasteiger partial charge in [-0.15, -0.1) is 0 Å². The summed E-state index contributed by atoms with van der Waals surface area (Å²) in [4.78, 5) is 19.7. The lowest BCUT2D eigenvalue weighted by Gasteiger charge is -2.31. The number of hydrogen-bond acceptors (Lipinski definition) is 5. The molecule has 3 aromatic rings. The summed E-state index contributed by atoms with van der Waals surface area (Å²) in [6, 6.07) is -1.52.